The van der Waals surface area contributed by atoms with Gasteiger partial charge in [0, 0.05) is 17.9 Å². The van der Waals surface area contributed by atoms with E-state index < -0.39 is 9.84 Å². The van der Waals surface area contributed by atoms with Gasteiger partial charge in [-0.2, -0.15) is 0 Å². The topological polar surface area (TPSA) is 69.7 Å². The molecule has 0 saturated carbocycles. The Hall–Kier alpha value is -2.34. The highest BCUT2D eigenvalue weighted by molar-refractivity contribution is 7.90. The van der Waals surface area contributed by atoms with E-state index in [4.69, 9.17) is 9.47 Å². The van der Waals surface area contributed by atoms with Crippen LogP contribution in [0.2, 0.25) is 0 Å². The first-order valence-electron chi connectivity index (χ1n) is 7.46. The van der Waals surface area contributed by atoms with E-state index in [1.165, 1.54) is 19.1 Å². The van der Waals surface area contributed by atoms with Crippen LogP contribution in [0.25, 0.3) is 0 Å². The number of ether oxygens (including phenoxy) is 2. The van der Waals surface area contributed by atoms with Crippen molar-refractivity contribution in [3.05, 3.63) is 48.0 Å². The molecule has 0 spiro atoms. The zero-order valence-electron chi connectivity index (χ0n) is 14.1. The van der Waals surface area contributed by atoms with Gasteiger partial charge in [0.15, 0.2) is 15.6 Å². The van der Waals surface area contributed by atoms with Crippen LogP contribution in [0.15, 0.2) is 47.4 Å². The molecule has 0 aliphatic rings. The Morgan fingerprint density at radius 2 is 1.54 bits per heavy atom. The largest absolute Gasteiger partial charge is 0.491 e. The fraction of sp³-hybridized carbons (Fsp3) is 0.278. The Balaban J connectivity index is 2.31. The van der Waals surface area contributed by atoms with Crippen LogP contribution < -0.4 is 9.47 Å². The minimum atomic E-state index is -3.25. The van der Waals surface area contributed by atoms with Crippen molar-refractivity contribution in [3.8, 4) is 17.2 Å². The van der Waals surface area contributed by atoms with Crippen LogP contribution in [0.1, 0.15) is 31.1 Å². The van der Waals surface area contributed by atoms with Crippen LogP contribution in [-0.2, 0) is 9.84 Å². The number of sulfone groups is 1. The maximum absolute atomic E-state index is 11.7. The summed E-state index contributed by atoms with van der Waals surface area (Å²) in [5, 5.41) is 0. The van der Waals surface area contributed by atoms with Gasteiger partial charge in [-0.3, -0.25) is 4.79 Å². The molecule has 0 unspecified atom stereocenters. The molecule has 128 valence electrons. The van der Waals surface area contributed by atoms with Crippen molar-refractivity contribution >= 4 is 15.6 Å². The van der Waals surface area contributed by atoms with E-state index in [-0.39, 0.29) is 16.8 Å². The van der Waals surface area contributed by atoms with Crippen LogP contribution in [-0.4, -0.2) is 26.6 Å². The molecule has 0 atom stereocenters. The lowest BCUT2D eigenvalue weighted by atomic mass is 10.1. The number of Topliss-reactive ketones (excluding diaryl/α,β-unsaturated/α-hetero) is 1. The summed E-state index contributed by atoms with van der Waals surface area (Å²) in [6, 6.07) is 11.1. The van der Waals surface area contributed by atoms with E-state index in [9.17, 15) is 13.2 Å². The maximum atomic E-state index is 11.7. The Labute approximate surface area is 142 Å². The zero-order valence-corrected chi connectivity index (χ0v) is 14.9. The summed E-state index contributed by atoms with van der Waals surface area (Å²) in [6.07, 6.45) is 1.11. The number of carbonyl (C=O) groups excluding carboxylic acids is 1. The fourth-order valence-corrected chi connectivity index (χ4v) is 2.70. The first-order valence-corrected chi connectivity index (χ1v) is 9.35. The standard InChI is InChI=1S/C18H20O5S/c1-12(2)22-16-9-14(13(3)19)10-17(11-16)23-15-5-7-18(8-6-15)24(4,20)21/h5-12H,1-4H3. The number of carbonyl (C=O) groups is 1. The fourth-order valence-electron chi connectivity index (χ4n) is 2.07. The lowest BCUT2D eigenvalue weighted by molar-refractivity contribution is 0.101. The number of hydrogen-bond acceptors (Lipinski definition) is 5. The van der Waals surface area contributed by atoms with E-state index in [1.54, 1.807) is 30.3 Å². The Kier molecular flexibility index (Phi) is 5.29. The molecule has 0 aliphatic carbocycles. The van der Waals surface area contributed by atoms with Crippen molar-refractivity contribution in [1.29, 1.82) is 0 Å². The molecule has 0 heterocycles. The van der Waals surface area contributed by atoms with Gasteiger partial charge in [-0.05, 0) is 57.2 Å². The average molecular weight is 348 g/mol. The molecule has 5 nitrogen and oxygen atoms in total. The maximum Gasteiger partial charge on any atom is 0.175 e. The summed E-state index contributed by atoms with van der Waals surface area (Å²) >= 11 is 0. The molecule has 0 aromatic heterocycles. The molecule has 2 aromatic rings. The van der Waals surface area contributed by atoms with Crippen molar-refractivity contribution < 1.29 is 22.7 Å². The first kappa shape index (κ1) is 18.0. The second-order valence-electron chi connectivity index (χ2n) is 5.76. The lowest BCUT2D eigenvalue weighted by Gasteiger charge is -2.13. The predicted molar refractivity (Wildman–Crippen MR) is 91.8 cm³/mol. The average Bonchev–Trinajstić information content (AvgIpc) is 2.45. The minimum absolute atomic E-state index is 0.0332. The van der Waals surface area contributed by atoms with Gasteiger partial charge in [0.25, 0.3) is 0 Å². The molecule has 0 aliphatic heterocycles. The molecular formula is C18H20O5S. The van der Waals surface area contributed by atoms with Crippen molar-refractivity contribution in [2.45, 2.75) is 31.8 Å². The van der Waals surface area contributed by atoms with Gasteiger partial charge >= 0.3 is 0 Å². The summed E-state index contributed by atoms with van der Waals surface area (Å²) in [4.78, 5) is 11.9. The van der Waals surface area contributed by atoms with Gasteiger partial charge in [-0.25, -0.2) is 8.42 Å². The van der Waals surface area contributed by atoms with E-state index in [1.807, 2.05) is 13.8 Å². The summed E-state index contributed by atoms with van der Waals surface area (Å²) < 4.78 is 34.3. The molecular weight excluding hydrogens is 328 g/mol. The van der Waals surface area contributed by atoms with Crippen molar-refractivity contribution in [3.63, 3.8) is 0 Å². The highest BCUT2D eigenvalue weighted by Crippen LogP contribution is 2.29. The van der Waals surface area contributed by atoms with Gasteiger partial charge in [0.05, 0.1) is 11.0 Å². The third-order valence-electron chi connectivity index (χ3n) is 3.15. The molecule has 0 N–H and O–H groups in total. The molecule has 0 radical (unpaired) electrons. The van der Waals surface area contributed by atoms with Gasteiger partial charge < -0.3 is 9.47 Å². The van der Waals surface area contributed by atoms with E-state index >= 15 is 0 Å². The van der Waals surface area contributed by atoms with Gasteiger partial charge in [0.1, 0.15) is 17.2 Å². The molecule has 6 heteroatoms. The number of rotatable bonds is 6. The molecule has 0 amide bonds. The summed E-state index contributed by atoms with van der Waals surface area (Å²) in [7, 11) is -3.25. The smallest absolute Gasteiger partial charge is 0.175 e. The Morgan fingerprint density at radius 3 is 2.04 bits per heavy atom. The molecule has 2 rings (SSSR count). The molecule has 0 fully saturated rings. The number of ketones is 1. The highest BCUT2D eigenvalue weighted by atomic mass is 32.2. The monoisotopic (exact) mass is 348 g/mol. The summed E-state index contributed by atoms with van der Waals surface area (Å²) in [5.41, 5.74) is 0.482. The SMILES string of the molecule is CC(=O)c1cc(Oc2ccc(S(C)(=O)=O)cc2)cc(OC(C)C)c1. The third-order valence-corrected chi connectivity index (χ3v) is 4.27. The van der Waals surface area contributed by atoms with Gasteiger partial charge in [0.2, 0.25) is 0 Å². The van der Waals surface area contributed by atoms with Crippen molar-refractivity contribution in [2.75, 3.05) is 6.26 Å². The van der Waals surface area contributed by atoms with Crippen LogP contribution >= 0.6 is 0 Å². The summed E-state index contributed by atoms with van der Waals surface area (Å²) in [5.74, 6) is 1.37. The zero-order chi connectivity index (χ0) is 17.9. The molecule has 2 aromatic carbocycles. The van der Waals surface area contributed by atoms with Crippen molar-refractivity contribution in [2.24, 2.45) is 0 Å². The van der Waals surface area contributed by atoms with E-state index in [0.717, 1.165) is 6.26 Å². The second-order valence-corrected chi connectivity index (χ2v) is 7.78. The van der Waals surface area contributed by atoms with Gasteiger partial charge in [-0.1, -0.05) is 0 Å². The first-order chi connectivity index (χ1) is 11.1. The molecule has 24 heavy (non-hydrogen) atoms. The van der Waals surface area contributed by atoms with E-state index in [0.29, 0.717) is 22.8 Å². The van der Waals surface area contributed by atoms with E-state index in [2.05, 4.69) is 0 Å². The number of benzene rings is 2. The quantitative estimate of drug-likeness (QED) is 0.741. The Morgan fingerprint density at radius 1 is 0.958 bits per heavy atom. The Bertz CT molecular complexity index is 836. The molecule has 0 bridgehead atoms. The van der Waals surface area contributed by atoms with Crippen LogP contribution in [0.4, 0.5) is 0 Å². The minimum Gasteiger partial charge on any atom is -0.491 e. The molecule has 0 saturated heterocycles. The van der Waals surface area contributed by atoms with Gasteiger partial charge in [-0.15, -0.1) is 0 Å². The summed E-state index contributed by atoms with van der Waals surface area (Å²) in [6.45, 7) is 5.26. The normalized spacial score (nSPS) is 11.4. The number of hydrogen-bond donors (Lipinski definition) is 0. The van der Waals surface area contributed by atoms with Crippen LogP contribution in [0.5, 0.6) is 17.2 Å². The second kappa shape index (κ2) is 7.05. The lowest BCUT2D eigenvalue weighted by Crippen LogP contribution is -2.06. The highest BCUT2D eigenvalue weighted by Gasteiger charge is 2.10. The van der Waals surface area contributed by atoms with Crippen LogP contribution in [0, 0.1) is 0 Å². The third kappa shape index (κ3) is 4.83. The predicted octanol–water partition coefficient (Wildman–Crippen LogP) is 3.87. The van der Waals surface area contributed by atoms with Crippen molar-refractivity contribution in [1.82, 2.24) is 0 Å². The van der Waals surface area contributed by atoms with Crippen LogP contribution in [0.3, 0.4) is 0 Å².